The van der Waals surface area contributed by atoms with Gasteiger partial charge in [-0.15, -0.1) is 0 Å². The lowest BCUT2D eigenvalue weighted by molar-refractivity contribution is -0.128. The van der Waals surface area contributed by atoms with Crippen molar-refractivity contribution in [1.29, 1.82) is 5.26 Å². The summed E-state index contributed by atoms with van der Waals surface area (Å²) in [6, 6.07) is 11.3. The van der Waals surface area contributed by atoms with Gasteiger partial charge in [-0.1, -0.05) is 30.2 Å². The number of nitrogens with two attached hydrogens (primary N) is 1. The third-order valence-corrected chi connectivity index (χ3v) is 5.45. The molecule has 1 aliphatic rings. The molecule has 3 heterocycles. The van der Waals surface area contributed by atoms with Crippen molar-refractivity contribution >= 4 is 22.8 Å². The number of anilines is 1. The van der Waals surface area contributed by atoms with Crippen molar-refractivity contribution in [3.8, 4) is 23.7 Å². The van der Waals surface area contributed by atoms with E-state index in [1.54, 1.807) is 16.5 Å². The van der Waals surface area contributed by atoms with E-state index in [2.05, 4.69) is 26.9 Å². The van der Waals surface area contributed by atoms with Crippen LogP contribution in [0.3, 0.4) is 0 Å². The average molecular weight is 441 g/mol. The summed E-state index contributed by atoms with van der Waals surface area (Å²) in [6.45, 7) is 2.89. The summed E-state index contributed by atoms with van der Waals surface area (Å²) in [7, 11) is 0. The first-order valence-corrected chi connectivity index (χ1v) is 10.6. The number of hydrogen-bond acceptors (Lipinski definition) is 7. The van der Waals surface area contributed by atoms with E-state index in [9.17, 15) is 10.1 Å². The minimum absolute atomic E-state index is 0.118. The number of rotatable bonds is 4. The molecule has 0 aliphatic carbocycles. The summed E-state index contributed by atoms with van der Waals surface area (Å²) in [5.74, 6) is 6.76. The van der Waals surface area contributed by atoms with Gasteiger partial charge in [0, 0.05) is 13.1 Å². The van der Waals surface area contributed by atoms with Gasteiger partial charge < -0.3 is 15.4 Å². The number of aromatic nitrogens is 4. The number of amides is 1. The van der Waals surface area contributed by atoms with Gasteiger partial charge in [-0.2, -0.15) is 10.4 Å². The Bertz CT molecular complexity index is 1300. The second-order valence-corrected chi connectivity index (χ2v) is 7.52. The molecule has 0 bridgehead atoms. The number of piperidine rings is 1. The Balaban J connectivity index is 1.60. The number of nitrogens with zero attached hydrogens (tertiary/aromatic N) is 6. The van der Waals surface area contributed by atoms with Crippen LogP contribution < -0.4 is 10.5 Å². The number of nitriles is 1. The third kappa shape index (κ3) is 4.63. The maximum absolute atomic E-state index is 12.7. The molecule has 1 saturated heterocycles. The second kappa shape index (κ2) is 9.84. The molecule has 3 aromatic rings. The zero-order chi connectivity index (χ0) is 23.2. The van der Waals surface area contributed by atoms with E-state index in [-0.39, 0.29) is 24.1 Å². The Kier molecular flexibility index (Phi) is 6.51. The Morgan fingerprint density at radius 3 is 2.91 bits per heavy atom. The molecule has 0 spiro atoms. The number of carbonyl (C=O) groups is 1. The lowest BCUT2D eigenvalue weighted by Gasteiger charge is -2.32. The standard InChI is InChI=1S/C24H23N7O2/c1-2-17(14-25)24(32)30-12-6-8-18(15-30)31-23-21(22(26)27-16-28-23)20(29-31)11-7-13-33-19-9-4-3-5-10-19/h2-5,9-10,16,18H,6,8,12-13,15H2,1H3,(H2,26,27,28)/b17-2+/t18-/m1/s1. The SMILES string of the molecule is C/C=C(\C#N)C(=O)N1CCC[C@@H](n2nc(C#CCOc3ccccc3)c3c(N)ncnc32)C1. The van der Waals surface area contributed by atoms with Crippen molar-refractivity contribution < 1.29 is 9.53 Å². The van der Waals surface area contributed by atoms with Crippen LogP contribution in [0.1, 0.15) is 31.5 Å². The highest BCUT2D eigenvalue weighted by molar-refractivity contribution is 5.97. The molecule has 2 aromatic heterocycles. The largest absolute Gasteiger partial charge is 0.481 e. The van der Waals surface area contributed by atoms with Crippen LogP contribution >= 0.6 is 0 Å². The second-order valence-electron chi connectivity index (χ2n) is 7.52. The highest BCUT2D eigenvalue weighted by Crippen LogP contribution is 2.28. The Labute approximate surface area is 191 Å². The minimum Gasteiger partial charge on any atom is -0.481 e. The fourth-order valence-electron chi connectivity index (χ4n) is 3.84. The zero-order valence-corrected chi connectivity index (χ0v) is 18.2. The lowest BCUT2D eigenvalue weighted by Crippen LogP contribution is -2.41. The Morgan fingerprint density at radius 2 is 2.15 bits per heavy atom. The number of likely N-dealkylation sites (tertiary alicyclic amines) is 1. The summed E-state index contributed by atoms with van der Waals surface area (Å²) in [5.41, 5.74) is 7.31. The van der Waals surface area contributed by atoms with Crippen LogP contribution in [-0.4, -0.2) is 50.3 Å². The van der Waals surface area contributed by atoms with Gasteiger partial charge >= 0.3 is 0 Å². The molecule has 166 valence electrons. The highest BCUT2D eigenvalue weighted by Gasteiger charge is 2.29. The summed E-state index contributed by atoms with van der Waals surface area (Å²) < 4.78 is 7.41. The van der Waals surface area contributed by atoms with E-state index in [4.69, 9.17) is 10.5 Å². The molecule has 1 atom stereocenters. The predicted molar refractivity (Wildman–Crippen MR) is 123 cm³/mol. The van der Waals surface area contributed by atoms with Crippen LogP contribution in [0.25, 0.3) is 11.0 Å². The average Bonchev–Trinajstić information content (AvgIpc) is 3.23. The van der Waals surface area contributed by atoms with Crippen molar-refractivity contribution in [1.82, 2.24) is 24.6 Å². The van der Waals surface area contributed by atoms with Gasteiger partial charge in [0.25, 0.3) is 5.91 Å². The van der Waals surface area contributed by atoms with E-state index in [1.165, 1.54) is 12.4 Å². The summed E-state index contributed by atoms with van der Waals surface area (Å²) in [6.07, 6.45) is 4.53. The lowest BCUT2D eigenvalue weighted by atomic mass is 10.0. The molecule has 9 heteroatoms. The van der Waals surface area contributed by atoms with E-state index in [0.717, 1.165) is 18.6 Å². The summed E-state index contributed by atoms with van der Waals surface area (Å²) in [4.78, 5) is 22.9. The van der Waals surface area contributed by atoms with Crippen LogP contribution in [0.4, 0.5) is 5.82 Å². The minimum atomic E-state index is -0.270. The van der Waals surface area contributed by atoms with Gasteiger partial charge in [0.1, 0.15) is 41.8 Å². The number of benzene rings is 1. The van der Waals surface area contributed by atoms with E-state index >= 15 is 0 Å². The molecule has 0 saturated carbocycles. The molecule has 1 aromatic carbocycles. The summed E-state index contributed by atoms with van der Waals surface area (Å²) in [5, 5.41) is 14.5. The number of nitrogen functional groups attached to an aromatic ring is 1. The molecule has 4 rings (SSSR count). The van der Waals surface area contributed by atoms with E-state index < -0.39 is 0 Å². The number of ether oxygens (including phenoxy) is 1. The van der Waals surface area contributed by atoms with E-state index in [0.29, 0.717) is 35.6 Å². The highest BCUT2D eigenvalue weighted by atomic mass is 16.5. The molecule has 1 fully saturated rings. The third-order valence-electron chi connectivity index (χ3n) is 5.45. The first-order valence-electron chi connectivity index (χ1n) is 10.6. The topological polar surface area (TPSA) is 123 Å². The maximum Gasteiger partial charge on any atom is 0.264 e. The molecule has 9 nitrogen and oxygen atoms in total. The molecular formula is C24H23N7O2. The normalized spacial score (nSPS) is 16.1. The van der Waals surface area contributed by atoms with Crippen molar-refractivity contribution in [2.75, 3.05) is 25.4 Å². The van der Waals surface area contributed by atoms with Crippen LogP contribution in [0.15, 0.2) is 48.3 Å². The first kappa shape index (κ1) is 21.8. The van der Waals surface area contributed by atoms with Crippen LogP contribution in [0.5, 0.6) is 5.75 Å². The van der Waals surface area contributed by atoms with Crippen molar-refractivity contribution in [2.24, 2.45) is 0 Å². The molecule has 0 unspecified atom stereocenters. The zero-order valence-electron chi connectivity index (χ0n) is 18.2. The van der Waals surface area contributed by atoms with Crippen LogP contribution in [0, 0.1) is 23.2 Å². The van der Waals surface area contributed by atoms with Gasteiger partial charge in [0.2, 0.25) is 0 Å². The quantitative estimate of drug-likeness (QED) is 0.375. The monoisotopic (exact) mass is 441 g/mol. The Morgan fingerprint density at radius 1 is 1.33 bits per heavy atom. The Hall–Kier alpha value is -4.37. The predicted octanol–water partition coefficient (Wildman–Crippen LogP) is 2.47. The first-order chi connectivity index (χ1) is 16.1. The van der Waals surface area contributed by atoms with Crippen LogP contribution in [-0.2, 0) is 4.79 Å². The molecule has 33 heavy (non-hydrogen) atoms. The van der Waals surface area contributed by atoms with Gasteiger partial charge in [-0.3, -0.25) is 4.79 Å². The number of para-hydroxylation sites is 1. The van der Waals surface area contributed by atoms with Gasteiger partial charge in [-0.25, -0.2) is 14.6 Å². The van der Waals surface area contributed by atoms with Crippen molar-refractivity contribution in [3.05, 3.63) is 54.0 Å². The molecule has 2 N–H and O–H groups in total. The van der Waals surface area contributed by atoms with Gasteiger partial charge in [-0.05, 0) is 37.8 Å². The smallest absolute Gasteiger partial charge is 0.264 e. The molecule has 0 radical (unpaired) electrons. The molecular weight excluding hydrogens is 418 g/mol. The fourth-order valence-corrected chi connectivity index (χ4v) is 3.84. The molecule has 1 amide bonds. The maximum atomic E-state index is 12.7. The van der Waals surface area contributed by atoms with Crippen LogP contribution in [0.2, 0.25) is 0 Å². The number of allylic oxidation sites excluding steroid dienone is 1. The van der Waals surface area contributed by atoms with Gasteiger partial charge in [0.05, 0.1) is 11.4 Å². The van der Waals surface area contributed by atoms with E-state index in [1.807, 2.05) is 36.4 Å². The van der Waals surface area contributed by atoms with Crippen molar-refractivity contribution in [2.45, 2.75) is 25.8 Å². The number of carbonyl (C=O) groups excluding carboxylic acids is 1. The summed E-state index contributed by atoms with van der Waals surface area (Å²) >= 11 is 0. The number of fused-ring (bicyclic) bond motifs is 1. The fraction of sp³-hybridized carbons (Fsp3) is 0.292. The van der Waals surface area contributed by atoms with Gasteiger partial charge in [0.15, 0.2) is 5.65 Å². The van der Waals surface area contributed by atoms with Crippen molar-refractivity contribution in [3.63, 3.8) is 0 Å². The number of hydrogen-bond donors (Lipinski definition) is 1. The molecule has 1 aliphatic heterocycles.